The van der Waals surface area contributed by atoms with Crippen molar-refractivity contribution in [1.29, 1.82) is 0 Å². The number of imide groups is 1. The van der Waals surface area contributed by atoms with E-state index in [4.69, 9.17) is 0 Å². The largest absolute Gasteiger partial charge is 0.352 e. The number of benzene rings is 1. The summed E-state index contributed by atoms with van der Waals surface area (Å²) < 4.78 is 0. The molecule has 2 N–H and O–H groups in total. The summed E-state index contributed by atoms with van der Waals surface area (Å²) in [6.45, 7) is 5.53. The quantitative estimate of drug-likeness (QED) is 0.813. The first-order valence-electron chi connectivity index (χ1n) is 9.32. The fourth-order valence-electron chi connectivity index (χ4n) is 3.85. The molecule has 1 aromatic carbocycles. The molecule has 6 nitrogen and oxygen atoms in total. The van der Waals surface area contributed by atoms with E-state index in [0.717, 1.165) is 29.7 Å². The van der Waals surface area contributed by atoms with E-state index in [-0.39, 0.29) is 18.5 Å². The number of carbonyl (C=O) groups excluding carboxylic acids is 3. The van der Waals surface area contributed by atoms with Crippen LogP contribution in [0.5, 0.6) is 0 Å². The molecule has 1 aliphatic heterocycles. The Morgan fingerprint density at radius 1 is 1.23 bits per heavy atom. The topological polar surface area (TPSA) is 78.5 Å². The maximum absolute atomic E-state index is 12.9. The monoisotopic (exact) mass is 357 g/mol. The number of hydrogen-bond acceptors (Lipinski definition) is 3. The Kier molecular flexibility index (Phi) is 5.03. The summed E-state index contributed by atoms with van der Waals surface area (Å²) in [5.74, 6) is -0.243. The maximum atomic E-state index is 12.9. The van der Waals surface area contributed by atoms with Crippen molar-refractivity contribution in [1.82, 2.24) is 15.5 Å². The molecule has 1 aromatic rings. The lowest BCUT2D eigenvalue weighted by Gasteiger charge is -2.30. The number of carbonyl (C=O) groups is 3. The predicted molar refractivity (Wildman–Crippen MR) is 98.3 cm³/mol. The van der Waals surface area contributed by atoms with Crippen LogP contribution in [0.1, 0.15) is 50.7 Å². The molecule has 3 atom stereocenters. The molecule has 0 spiro atoms. The van der Waals surface area contributed by atoms with E-state index < -0.39 is 17.5 Å². The first kappa shape index (κ1) is 18.4. The van der Waals surface area contributed by atoms with Gasteiger partial charge in [-0.3, -0.25) is 14.5 Å². The van der Waals surface area contributed by atoms with Crippen LogP contribution >= 0.6 is 0 Å². The maximum Gasteiger partial charge on any atom is 0.325 e. The smallest absolute Gasteiger partial charge is 0.325 e. The molecule has 0 unspecified atom stereocenters. The third-order valence-electron chi connectivity index (χ3n) is 5.66. The Labute approximate surface area is 154 Å². The molecule has 1 saturated carbocycles. The zero-order chi connectivity index (χ0) is 18.9. The van der Waals surface area contributed by atoms with Gasteiger partial charge >= 0.3 is 6.03 Å². The van der Waals surface area contributed by atoms with Gasteiger partial charge < -0.3 is 10.6 Å². The lowest BCUT2D eigenvalue weighted by atomic mass is 9.86. The van der Waals surface area contributed by atoms with E-state index in [1.165, 1.54) is 6.42 Å². The highest BCUT2D eigenvalue weighted by atomic mass is 16.2. The van der Waals surface area contributed by atoms with Crippen molar-refractivity contribution in [2.75, 3.05) is 6.54 Å². The lowest BCUT2D eigenvalue weighted by Crippen LogP contribution is -2.47. The second-order valence-corrected chi connectivity index (χ2v) is 7.75. The van der Waals surface area contributed by atoms with E-state index in [1.807, 2.05) is 31.2 Å². The van der Waals surface area contributed by atoms with Crippen LogP contribution in [0.15, 0.2) is 24.3 Å². The average molecular weight is 357 g/mol. The molecule has 2 fully saturated rings. The summed E-state index contributed by atoms with van der Waals surface area (Å²) >= 11 is 0. The van der Waals surface area contributed by atoms with Crippen molar-refractivity contribution in [2.45, 2.75) is 58.0 Å². The molecular formula is C20H27N3O3. The number of rotatable bonds is 4. The Balaban J connectivity index is 1.68. The molecule has 6 heteroatoms. The van der Waals surface area contributed by atoms with Crippen LogP contribution < -0.4 is 10.6 Å². The molecule has 1 aliphatic carbocycles. The second-order valence-electron chi connectivity index (χ2n) is 7.75. The van der Waals surface area contributed by atoms with Gasteiger partial charge in [0.05, 0.1) is 0 Å². The van der Waals surface area contributed by atoms with Crippen LogP contribution in [-0.4, -0.2) is 35.3 Å². The number of hydrogen-bond donors (Lipinski definition) is 2. The molecule has 3 rings (SSSR count). The summed E-state index contributed by atoms with van der Waals surface area (Å²) in [4.78, 5) is 38.7. The SMILES string of the molecule is Cc1ccc([C@]2(C)NC(=O)N(CC(=O)N[C@H]3CCCC[C@H]3C)C2=O)cc1. The van der Waals surface area contributed by atoms with E-state index in [9.17, 15) is 14.4 Å². The van der Waals surface area contributed by atoms with E-state index in [0.29, 0.717) is 11.5 Å². The number of nitrogens with one attached hydrogen (secondary N) is 2. The van der Waals surface area contributed by atoms with Crippen LogP contribution in [0.25, 0.3) is 0 Å². The van der Waals surface area contributed by atoms with Crippen LogP contribution in [0.4, 0.5) is 4.79 Å². The summed E-state index contributed by atoms with van der Waals surface area (Å²) in [6, 6.07) is 7.08. The molecule has 0 aromatic heterocycles. The van der Waals surface area contributed by atoms with Gasteiger partial charge in [-0.1, -0.05) is 49.6 Å². The normalized spacial score (nSPS) is 28.8. The van der Waals surface area contributed by atoms with Crippen molar-refractivity contribution in [2.24, 2.45) is 5.92 Å². The van der Waals surface area contributed by atoms with Gasteiger partial charge in [-0.25, -0.2) is 4.79 Å². The third kappa shape index (κ3) is 3.45. The van der Waals surface area contributed by atoms with Crippen LogP contribution in [0.2, 0.25) is 0 Å². The Bertz CT molecular complexity index is 716. The summed E-state index contributed by atoms with van der Waals surface area (Å²) in [6.07, 6.45) is 4.34. The first-order valence-corrected chi connectivity index (χ1v) is 9.32. The minimum atomic E-state index is -1.14. The number of aryl methyl sites for hydroxylation is 1. The highest BCUT2D eigenvalue weighted by Crippen LogP contribution is 2.29. The van der Waals surface area contributed by atoms with Crippen LogP contribution in [0, 0.1) is 12.8 Å². The molecule has 1 saturated heterocycles. The van der Waals surface area contributed by atoms with Crippen molar-refractivity contribution < 1.29 is 14.4 Å². The molecule has 0 radical (unpaired) electrons. The molecular weight excluding hydrogens is 330 g/mol. The van der Waals surface area contributed by atoms with Crippen LogP contribution in [0.3, 0.4) is 0 Å². The first-order chi connectivity index (χ1) is 12.3. The predicted octanol–water partition coefficient (Wildman–Crippen LogP) is 2.46. The summed E-state index contributed by atoms with van der Waals surface area (Å²) in [7, 11) is 0. The van der Waals surface area contributed by atoms with Gasteiger partial charge in [-0.15, -0.1) is 0 Å². The van der Waals surface area contributed by atoms with Gasteiger partial charge in [0.1, 0.15) is 12.1 Å². The highest BCUT2D eigenvalue weighted by molar-refractivity contribution is 6.09. The summed E-state index contributed by atoms with van der Waals surface area (Å²) in [5.41, 5.74) is 0.653. The van der Waals surface area contributed by atoms with Crippen molar-refractivity contribution >= 4 is 17.8 Å². The van der Waals surface area contributed by atoms with E-state index in [1.54, 1.807) is 6.92 Å². The third-order valence-corrected chi connectivity index (χ3v) is 5.66. The van der Waals surface area contributed by atoms with Crippen molar-refractivity contribution in [3.05, 3.63) is 35.4 Å². The zero-order valence-electron chi connectivity index (χ0n) is 15.7. The van der Waals surface area contributed by atoms with Crippen molar-refractivity contribution in [3.8, 4) is 0 Å². The molecule has 26 heavy (non-hydrogen) atoms. The molecule has 1 heterocycles. The fourth-order valence-corrected chi connectivity index (χ4v) is 3.85. The minimum absolute atomic E-state index is 0.125. The molecule has 4 amide bonds. The minimum Gasteiger partial charge on any atom is -0.352 e. The summed E-state index contributed by atoms with van der Waals surface area (Å²) in [5, 5.41) is 5.74. The van der Waals surface area contributed by atoms with Gasteiger partial charge in [0.2, 0.25) is 5.91 Å². The number of amides is 4. The Morgan fingerprint density at radius 3 is 2.54 bits per heavy atom. The van der Waals surface area contributed by atoms with Gasteiger partial charge in [0.15, 0.2) is 0 Å². The van der Waals surface area contributed by atoms with E-state index in [2.05, 4.69) is 17.6 Å². The van der Waals surface area contributed by atoms with Crippen molar-refractivity contribution in [3.63, 3.8) is 0 Å². The molecule has 140 valence electrons. The number of nitrogens with zero attached hydrogens (tertiary/aromatic N) is 1. The average Bonchev–Trinajstić information content (AvgIpc) is 2.82. The second kappa shape index (κ2) is 7.09. The Hall–Kier alpha value is -2.37. The molecule has 0 bridgehead atoms. The Morgan fingerprint density at radius 2 is 1.88 bits per heavy atom. The fraction of sp³-hybridized carbons (Fsp3) is 0.550. The number of urea groups is 1. The van der Waals surface area contributed by atoms with E-state index >= 15 is 0 Å². The standard InChI is InChI=1S/C20H27N3O3/c1-13-8-10-15(11-9-13)20(3)18(25)23(19(26)22-20)12-17(24)21-16-7-5-4-6-14(16)2/h8-11,14,16H,4-7,12H2,1-3H3,(H,21,24)(H,22,26)/t14-,16+,20+/m1/s1. The highest BCUT2D eigenvalue weighted by Gasteiger charge is 2.49. The lowest BCUT2D eigenvalue weighted by molar-refractivity contribution is -0.135. The van der Waals surface area contributed by atoms with Gasteiger partial charge in [0.25, 0.3) is 5.91 Å². The zero-order valence-corrected chi connectivity index (χ0v) is 15.7. The van der Waals surface area contributed by atoms with Gasteiger partial charge in [0, 0.05) is 6.04 Å². The molecule has 2 aliphatic rings. The van der Waals surface area contributed by atoms with Crippen LogP contribution in [-0.2, 0) is 15.1 Å². The van der Waals surface area contributed by atoms with Gasteiger partial charge in [-0.05, 0) is 38.2 Å². The van der Waals surface area contributed by atoms with Gasteiger partial charge in [-0.2, -0.15) is 0 Å².